The van der Waals surface area contributed by atoms with Crippen molar-refractivity contribution in [3.8, 4) is 6.01 Å². The van der Waals surface area contributed by atoms with E-state index >= 15 is 0 Å². The van der Waals surface area contributed by atoms with Gasteiger partial charge in [-0.3, -0.25) is 14.2 Å². The molecule has 0 saturated carbocycles. The second kappa shape index (κ2) is 6.55. The van der Waals surface area contributed by atoms with Gasteiger partial charge < -0.3 is 10.1 Å². The Kier molecular flexibility index (Phi) is 4.73. The fourth-order valence-electron chi connectivity index (χ4n) is 2.08. The van der Waals surface area contributed by atoms with Gasteiger partial charge >= 0.3 is 6.01 Å². The molecule has 0 spiro atoms. The number of carbonyl (C=O) groups is 1. The molecule has 0 aliphatic heterocycles. The topological polar surface area (TPSA) is 99.0 Å². The quantitative estimate of drug-likeness (QED) is 0.900. The van der Waals surface area contributed by atoms with Crippen LogP contribution in [0, 0.1) is 27.7 Å². The van der Waals surface area contributed by atoms with Crippen LogP contribution in [0.5, 0.6) is 6.01 Å². The second-order valence-electron chi connectivity index (χ2n) is 5.19. The lowest BCUT2D eigenvalue weighted by Crippen LogP contribution is -2.30. The minimum atomic E-state index is -0.350. The SMILES string of the molecule is COc1nc(C)c(NC(=O)Cn2cnc(C)c(C)c2=O)c(C)n1. The maximum Gasteiger partial charge on any atom is 0.316 e. The average Bonchev–Trinajstić information content (AvgIpc) is 2.51. The zero-order chi connectivity index (χ0) is 17.1. The van der Waals surface area contributed by atoms with Crippen LogP contribution in [0.15, 0.2) is 11.1 Å². The van der Waals surface area contributed by atoms with Crippen molar-refractivity contribution in [2.45, 2.75) is 34.2 Å². The molecule has 2 aromatic heterocycles. The van der Waals surface area contributed by atoms with Crippen molar-refractivity contribution in [3.05, 3.63) is 39.3 Å². The number of anilines is 1. The van der Waals surface area contributed by atoms with Gasteiger partial charge in [0.05, 0.1) is 30.5 Å². The smallest absolute Gasteiger partial charge is 0.316 e. The molecule has 8 heteroatoms. The number of hydrogen-bond acceptors (Lipinski definition) is 6. The van der Waals surface area contributed by atoms with E-state index in [9.17, 15) is 9.59 Å². The van der Waals surface area contributed by atoms with Gasteiger partial charge in [-0.2, -0.15) is 9.97 Å². The third-order valence-electron chi connectivity index (χ3n) is 3.53. The van der Waals surface area contributed by atoms with Crippen LogP contribution in [-0.2, 0) is 11.3 Å². The molecule has 2 rings (SSSR count). The largest absolute Gasteiger partial charge is 0.467 e. The van der Waals surface area contributed by atoms with Gasteiger partial charge in [0, 0.05) is 11.3 Å². The van der Waals surface area contributed by atoms with Gasteiger partial charge in [-0.1, -0.05) is 0 Å². The molecule has 122 valence electrons. The molecule has 0 unspecified atom stereocenters. The summed E-state index contributed by atoms with van der Waals surface area (Å²) in [5.41, 5.74) is 2.65. The number of aryl methyl sites for hydroxylation is 3. The maximum atomic E-state index is 12.2. The Labute approximate surface area is 133 Å². The summed E-state index contributed by atoms with van der Waals surface area (Å²) in [7, 11) is 1.48. The van der Waals surface area contributed by atoms with Crippen molar-refractivity contribution >= 4 is 11.6 Å². The molecule has 1 amide bonds. The third-order valence-corrected chi connectivity index (χ3v) is 3.53. The van der Waals surface area contributed by atoms with E-state index in [2.05, 4.69) is 20.3 Å². The van der Waals surface area contributed by atoms with Crippen molar-refractivity contribution in [2.24, 2.45) is 0 Å². The number of nitrogens with one attached hydrogen (secondary N) is 1. The minimum absolute atomic E-state index is 0.127. The second-order valence-corrected chi connectivity index (χ2v) is 5.19. The minimum Gasteiger partial charge on any atom is -0.467 e. The molecule has 0 atom stereocenters. The van der Waals surface area contributed by atoms with Crippen LogP contribution in [0.2, 0.25) is 0 Å². The van der Waals surface area contributed by atoms with Crippen molar-refractivity contribution in [3.63, 3.8) is 0 Å². The van der Waals surface area contributed by atoms with Crippen molar-refractivity contribution in [2.75, 3.05) is 12.4 Å². The van der Waals surface area contributed by atoms with Crippen LogP contribution >= 0.6 is 0 Å². The highest BCUT2D eigenvalue weighted by Crippen LogP contribution is 2.19. The zero-order valence-electron chi connectivity index (χ0n) is 13.8. The number of aromatic nitrogens is 4. The first-order chi connectivity index (χ1) is 10.8. The summed E-state index contributed by atoms with van der Waals surface area (Å²) in [6.45, 7) is 6.80. The first-order valence-electron chi connectivity index (χ1n) is 7.05. The van der Waals surface area contributed by atoms with E-state index in [0.29, 0.717) is 28.3 Å². The molecule has 23 heavy (non-hydrogen) atoms. The average molecular weight is 317 g/mol. The zero-order valence-corrected chi connectivity index (χ0v) is 13.8. The van der Waals surface area contributed by atoms with E-state index in [1.807, 2.05) is 0 Å². The molecule has 0 aromatic carbocycles. The number of carbonyl (C=O) groups excluding carboxylic acids is 1. The fraction of sp³-hybridized carbons (Fsp3) is 0.400. The molecule has 1 N–H and O–H groups in total. The number of methoxy groups -OCH3 is 1. The van der Waals surface area contributed by atoms with Crippen LogP contribution in [0.3, 0.4) is 0 Å². The normalized spacial score (nSPS) is 10.5. The Morgan fingerprint density at radius 1 is 1.17 bits per heavy atom. The predicted molar refractivity (Wildman–Crippen MR) is 84.7 cm³/mol. The summed E-state index contributed by atoms with van der Waals surface area (Å²) in [5, 5.41) is 2.73. The molecule has 8 nitrogen and oxygen atoms in total. The monoisotopic (exact) mass is 317 g/mol. The molecule has 2 heterocycles. The van der Waals surface area contributed by atoms with Crippen LogP contribution in [-0.4, -0.2) is 32.5 Å². The molecular formula is C15H19N5O3. The van der Waals surface area contributed by atoms with Gasteiger partial charge in [0.1, 0.15) is 6.54 Å². The summed E-state index contributed by atoms with van der Waals surface area (Å²) in [6, 6.07) is 0.243. The van der Waals surface area contributed by atoms with Gasteiger partial charge in [0.25, 0.3) is 5.56 Å². The van der Waals surface area contributed by atoms with Crippen LogP contribution in [0.25, 0.3) is 0 Å². The van der Waals surface area contributed by atoms with Crippen molar-refractivity contribution in [1.82, 2.24) is 19.5 Å². The van der Waals surface area contributed by atoms with Gasteiger partial charge in [-0.15, -0.1) is 0 Å². The molecule has 0 saturated heterocycles. The highest BCUT2D eigenvalue weighted by atomic mass is 16.5. The van der Waals surface area contributed by atoms with E-state index in [1.165, 1.54) is 18.0 Å². The highest BCUT2D eigenvalue weighted by molar-refractivity contribution is 5.91. The highest BCUT2D eigenvalue weighted by Gasteiger charge is 2.13. The number of hydrogen-bond donors (Lipinski definition) is 1. The Bertz CT molecular complexity index is 790. The number of rotatable bonds is 4. The van der Waals surface area contributed by atoms with Gasteiger partial charge in [0.2, 0.25) is 5.91 Å². The number of ether oxygens (including phenoxy) is 1. The van der Waals surface area contributed by atoms with E-state index in [1.54, 1.807) is 27.7 Å². The summed E-state index contributed by atoms with van der Waals surface area (Å²) in [6.07, 6.45) is 1.37. The van der Waals surface area contributed by atoms with Crippen molar-refractivity contribution < 1.29 is 9.53 Å². The number of nitrogens with zero attached hydrogens (tertiary/aromatic N) is 4. The number of amides is 1. The lowest BCUT2D eigenvalue weighted by atomic mass is 10.2. The van der Waals surface area contributed by atoms with Crippen LogP contribution < -0.4 is 15.6 Å². The molecule has 0 aliphatic carbocycles. The lowest BCUT2D eigenvalue weighted by Gasteiger charge is -2.12. The molecule has 0 fully saturated rings. The molecule has 0 radical (unpaired) electrons. The maximum absolute atomic E-state index is 12.2. The molecule has 0 bridgehead atoms. The lowest BCUT2D eigenvalue weighted by molar-refractivity contribution is -0.116. The Morgan fingerprint density at radius 2 is 1.78 bits per heavy atom. The summed E-state index contributed by atoms with van der Waals surface area (Å²) in [4.78, 5) is 36.7. The summed E-state index contributed by atoms with van der Waals surface area (Å²) in [5.74, 6) is -0.350. The Hall–Kier alpha value is -2.77. The third kappa shape index (κ3) is 3.53. The van der Waals surface area contributed by atoms with Gasteiger partial charge in [-0.25, -0.2) is 4.98 Å². The van der Waals surface area contributed by atoms with E-state index in [4.69, 9.17) is 4.74 Å². The summed E-state index contributed by atoms with van der Waals surface area (Å²) < 4.78 is 6.25. The molecule has 2 aromatic rings. The first-order valence-corrected chi connectivity index (χ1v) is 7.05. The Morgan fingerprint density at radius 3 is 2.35 bits per heavy atom. The van der Waals surface area contributed by atoms with Gasteiger partial charge in [-0.05, 0) is 27.7 Å². The van der Waals surface area contributed by atoms with Gasteiger partial charge in [0.15, 0.2) is 0 Å². The van der Waals surface area contributed by atoms with Crippen LogP contribution in [0.1, 0.15) is 22.6 Å². The molecular weight excluding hydrogens is 298 g/mol. The molecule has 0 aliphatic rings. The summed E-state index contributed by atoms with van der Waals surface area (Å²) >= 11 is 0. The predicted octanol–water partition coefficient (Wildman–Crippen LogP) is 0.914. The van der Waals surface area contributed by atoms with E-state index < -0.39 is 0 Å². The van der Waals surface area contributed by atoms with Crippen LogP contribution in [0.4, 0.5) is 5.69 Å². The standard InChI is InChI=1S/C15H19N5O3/c1-8-9(2)16-7-20(14(8)22)6-12(21)19-13-10(3)17-15(23-5)18-11(13)4/h7H,6H2,1-5H3,(H,19,21). The van der Waals surface area contributed by atoms with Crippen molar-refractivity contribution in [1.29, 1.82) is 0 Å². The first kappa shape index (κ1) is 16.6. The van der Waals surface area contributed by atoms with E-state index in [0.717, 1.165) is 0 Å². The van der Waals surface area contributed by atoms with E-state index in [-0.39, 0.29) is 24.0 Å². The fourth-order valence-corrected chi connectivity index (χ4v) is 2.08. The Balaban J connectivity index is 2.21.